The van der Waals surface area contributed by atoms with Crippen LogP contribution in [0.2, 0.25) is 0 Å². The third-order valence-electron chi connectivity index (χ3n) is 4.27. The Bertz CT molecular complexity index is 898. The Morgan fingerprint density at radius 1 is 0.926 bits per heavy atom. The van der Waals surface area contributed by atoms with Crippen molar-refractivity contribution in [1.29, 1.82) is 0 Å². The Morgan fingerprint density at radius 2 is 1.56 bits per heavy atom. The maximum absolute atomic E-state index is 12.7. The van der Waals surface area contributed by atoms with Crippen LogP contribution >= 0.6 is 11.6 Å². The molecule has 6 heteroatoms. The summed E-state index contributed by atoms with van der Waals surface area (Å²) in [5.74, 6) is 0.447. The fraction of sp³-hybridized carbons (Fsp3) is 0.238. The molecule has 1 aliphatic rings. The van der Waals surface area contributed by atoms with Crippen molar-refractivity contribution in [2.75, 3.05) is 20.3 Å². The molecule has 0 aromatic heterocycles. The zero-order chi connectivity index (χ0) is 19.6. The molecule has 2 amide bonds. The highest BCUT2D eigenvalue weighted by atomic mass is 35.5. The molecule has 0 aliphatic carbocycles. The highest BCUT2D eigenvalue weighted by Gasteiger charge is 2.37. The molecule has 0 spiro atoms. The smallest absolute Gasteiger partial charge is 0.273 e. The molecule has 0 saturated heterocycles. The van der Waals surface area contributed by atoms with Gasteiger partial charge in [-0.1, -0.05) is 29.8 Å². The molecule has 27 heavy (non-hydrogen) atoms. The lowest BCUT2D eigenvalue weighted by Crippen LogP contribution is -2.35. The maximum Gasteiger partial charge on any atom is 0.273 e. The van der Waals surface area contributed by atoms with Crippen LogP contribution in [-0.2, 0) is 9.59 Å². The normalized spacial score (nSPS) is 14.1. The van der Waals surface area contributed by atoms with E-state index in [0.29, 0.717) is 17.1 Å². The van der Waals surface area contributed by atoms with E-state index >= 15 is 0 Å². The van der Waals surface area contributed by atoms with Crippen molar-refractivity contribution < 1.29 is 19.1 Å². The zero-order valence-corrected chi connectivity index (χ0v) is 16.2. The molecule has 0 radical (unpaired) electrons. The Balaban J connectivity index is 1.69. The lowest BCUT2D eigenvalue weighted by atomic mass is 10.1. The van der Waals surface area contributed by atoms with E-state index in [0.717, 1.165) is 16.0 Å². The van der Waals surface area contributed by atoms with Gasteiger partial charge in [-0.25, -0.2) is 0 Å². The summed E-state index contributed by atoms with van der Waals surface area (Å²) >= 11 is 6.16. The summed E-state index contributed by atoms with van der Waals surface area (Å²) in [6.45, 7) is 4.29. The van der Waals surface area contributed by atoms with Gasteiger partial charge >= 0.3 is 0 Å². The quantitative estimate of drug-likeness (QED) is 0.711. The van der Waals surface area contributed by atoms with E-state index in [9.17, 15) is 9.59 Å². The predicted octanol–water partition coefficient (Wildman–Crippen LogP) is 3.71. The minimum atomic E-state index is -0.503. The highest BCUT2D eigenvalue weighted by molar-refractivity contribution is 6.55. The maximum atomic E-state index is 12.7. The summed E-state index contributed by atoms with van der Waals surface area (Å²) < 4.78 is 10.8. The number of carbonyl (C=O) groups excluding carboxylic acids is 2. The van der Waals surface area contributed by atoms with E-state index in [-0.39, 0.29) is 23.8 Å². The second-order valence-corrected chi connectivity index (χ2v) is 6.73. The van der Waals surface area contributed by atoms with Crippen LogP contribution in [0, 0.1) is 13.8 Å². The van der Waals surface area contributed by atoms with Gasteiger partial charge in [0.1, 0.15) is 23.1 Å². The topological polar surface area (TPSA) is 55.8 Å². The van der Waals surface area contributed by atoms with Crippen molar-refractivity contribution in [3.05, 3.63) is 64.2 Å². The number of ether oxygens (including phenoxy) is 2. The van der Waals surface area contributed by atoms with Crippen LogP contribution in [0.4, 0.5) is 0 Å². The van der Waals surface area contributed by atoms with Gasteiger partial charge in [0.15, 0.2) is 0 Å². The monoisotopic (exact) mass is 385 g/mol. The number of imide groups is 1. The standard InChI is InChI=1S/C21H20ClNO4/c1-13-10-14(2)12-17(11-13)27-9-8-23-20(24)18(19(22)21(23)25)15-4-6-16(26-3)7-5-15/h4-7,10-12H,8-9H2,1-3H3. The highest BCUT2D eigenvalue weighted by Crippen LogP contribution is 2.32. The van der Waals surface area contributed by atoms with Gasteiger partial charge in [0.2, 0.25) is 0 Å². The van der Waals surface area contributed by atoms with Crippen LogP contribution in [0.5, 0.6) is 11.5 Å². The number of hydrogen-bond donors (Lipinski definition) is 0. The van der Waals surface area contributed by atoms with Crippen LogP contribution in [0.25, 0.3) is 5.57 Å². The second kappa shape index (κ2) is 7.84. The van der Waals surface area contributed by atoms with Crippen LogP contribution in [-0.4, -0.2) is 37.0 Å². The third kappa shape index (κ3) is 3.98. The molecule has 0 atom stereocenters. The number of nitrogens with zero attached hydrogens (tertiary/aromatic N) is 1. The molecule has 0 N–H and O–H groups in total. The molecule has 3 rings (SSSR count). The van der Waals surface area contributed by atoms with Crippen LogP contribution in [0.15, 0.2) is 47.5 Å². The van der Waals surface area contributed by atoms with E-state index in [2.05, 4.69) is 0 Å². The van der Waals surface area contributed by atoms with E-state index in [1.807, 2.05) is 32.0 Å². The molecular formula is C21H20ClNO4. The molecule has 1 heterocycles. The Morgan fingerprint density at radius 3 is 2.15 bits per heavy atom. The summed E-state index contributed by atoms with van der Waals surface area (Å²) in [5, 5.41) is -0.0726. The molecule has 1 aliphatic heterocycles. The number of hydrogen-bond acceptors (Lipinski definition) is 4. The van der Waals surface area contributed by atoms with Crippen molar-refractivity contribution in [3.8, 4) is 11.5 Å². The second-order valence-electron chi connectivity index (χ2n) is 6.35. The number of carbonyl (C=O) groups is 2. The van der Waals surface area contributed by atoms with E-state index in [1.165, 1.54) is 0 Å². The third-order valence-corrected chi connectivity index (χ3v) is 4.62. The van der Waals surface area contributed by atoms with Crippen molar-refractivity contribution in [2.24, 2.45) is 0 Å². The first kappa shape index (κ1) is 19.0. The lowest BCUT2D eigenvalue weighted by Gasteiger charge is -2.16. The van der Waals surface area contributed by atoms with E-state index in [1.54, 1.807) is 31.4 Å². The summed E-state index contributed by atoms with van der Waals surface area (Å²) in [6, 6.07) is 12.7. The number of halogens is 1. The summed E-state index contributed by atoms with van der Waals surface area (Å²) in [5.41, 5.74) is 2.96. The van der Waals surface area contributed by atoms with E-state index in [4.69, 9.17) is 21.1 Å². The molecule has 0 saturated carbocycles. The van der Waals surface area contributed by atoms with Gasteiger partial charge in [0.25, 0.3) is 11.8 Å². The molecule has 2 aromatic rings. The molecule has 0 unspecified atom stereocenters. The summed E-state index contributed by atoms with van der Waals surface area (Å²) in [4.78, 5) is 26.2. The molecule has 5 nitrogen and oxygen atoms in total. The van der Waals surface area contributed by atoms with Crippen molar-refractivity contribution in [1.82, 2.24) is 4.90 Å². The van der Waals surface area contributed by atoms with Crippen LogP contribution in [0.1, 0.15) is 16.7 Å². The molecule has 2 aromatic carbocycles. The van der Waals surface area contributed by atoms with Gasteiger partial charge in [-0.05, 0) is 54.8 Å². The minimum absolute atomic E-state index is 0.0726. The average Bonchev–Trinajstić information content (AvgIpc) is 2.84. The SMILES string of the molecule is COc1ccc(C2=C(Cl)C(=O)N(CCOc3cc(C)cc(C)c3)C2=O)cc1. The van der Waals surface area contributed by atoms with Gasteiger partial charge in [0.05, 0.1) is 19.2 Å². The first-order valence-electron chi connectivity index (χ1n) is 8.52. The number of rotatable bonds is 6. The van der Waals surface area contributed by atoms with Gasteiger partial charge < -0.3 is 9.47 Å². The number of methoxy groups -OCH3 is 1. The molecule has 0 bridgehead atoms. The van der Waals surface area contributed by atoms with Gasteiger partial charge in [-0.15, -0.1) is 0 Å². The fourth-order valence-corrected chi connectivity index (χ4v) is 3.32. The van der Waals surface area contributed by atoms with E-state index < -0.39 is 11.8 Å². The van der Waals surface area contributed by atoms with Crippen molar-refractivity contribution in [3.63, 3.8) is 0 Å². The van der Waals surface area contributed by atoms with Crippen molar-refractivity contribution >= 4 is 29.0 Å². The zero-order valence-electron chi connectivity index (χ0n) is 15.4. The fourth-order valence-electron chi connectivity index (χ4n) is 3.03. The molecular weight excluding hydrogens is 366 g/mol. The van der Waals surface area contributed by atoms with Crippen LogP contribution < -0.4 is 9.47 Å². The number of aryl methyl sites for hydroxylation is 2. The summed E-state index contributed by atoms with van der Waals surface area (Å²) in [6.07, 6.45) is 0. The number of benzene rings is 2. The lowest BCUT2D eigenvalue weighted by molar-refractivity contribution is -0.137. The number of amides is 2. The average molecular weight is 386 g/mol. The Hall–Kier alpha value is -2.79. The molecule has 140 valence electrons. The van der Waals surface area contributed by atoms with Gasteiger partial charge in [0, 0.05) is 0 Å². The minimum Gasteiger partial charge on any atom is -0.497 e. The Kier molecular flexibility index (Phi) is 5.51. The predicted molar refractivity (Wildman–Crippen MR) is 104 cm³/mol. The molecule has 0 fully saturated rings. The van der Waals surface area contributed by atoms with Gasteiger partial charge in [-0.2, -0.15) is 0 Å². The first-order chi connectivity index (χ1) is 12.9. The van der Waals surface area contributed by atoms with Gasteiger partial charge in [-0.3, -0.25) is 14.5 Å². The summed E-state index contributed by atoms with van der Waals surface area (Å²) in [7, 11) is 1.56. The van der Waals surface area contributed by atoms with Crippen LogP contribution in [0.3, 0.4) is 0 Å². The Labute approximate surface area is 163 Å². The van der Waals surface area contributed by atoms with Crippen molar-refractivity contribution in [2.45, 2.75) is 13.8 Å². The largest absolute Gasteiger partial charge is 0.497 e. The first-order valence-corrected chi connectivity index (χ1v) is 8.90.